The summed E-state index contributed by atoms with van der Waals surface area (Å²) < 4.78 is 5.51. The second-order valence-corrected chi connectivity index (χ2v) is 8.24. The summed E-state index contributed by atoms with van der Waals surface area (Å²) in [7, 11) is 1.79. The number of amides is 1. The molecule has 1 amide bonds. The minimum absolute atomic E-state index is 0.0550. The van der Waals surface area contributed by atoms with Gasteiger partial charge in [-0.1, -0.05) is 32.9 Å². The number of nitrogens with zero attached hydrogens (tertiary/aromatic N) is 2. The molecular weight excluding hydrogens is 378 g/mol. The highest BCUT2D eigenvalue weighted by atomic mass is 16.5. The van der Waals surface area contributed by atoms with Gasteiger partial charge in [-0.15, -0.1) is 0 Å². The van der Waals surface area contributed by atoms with Crippen molar-refractivity contribution in [2.24, 2.45) is 10.9 Å². The maximum atomic E-state index is 11.8. The number of hydrogen-bond acceptors (Lipinski definition) is 4. The fourth-order valence-electron chi connectivity index (χ4n) is 3.68. The van der Waals surface area contributed by atoms with E-state index in [1.807, 2.05) is 31.2 Å². The predicted octanol–water partition coefficient (Wildman–Crippen LogP) is 2.84. The van der Waals surface area contributed by atoms with Crippen molar-refractivity contribution in [2.45, 2.75) is 52.6 Å². The summed E-state index contributed by atoms with van der Waals surface area (Å²) in [5, 5.41) is 9.83. The topological polar surface area (TPSA) is 78.0 Å². The predicted molar refractivity (Wildman–Crippen MR) is 124 cm³/mol. The molecule has 1 fully saturated rings. The number of aliphatic imine (C=N–C) groups is 1. The Hall–Kier alpha value is -2.12. The van der Waals surface area contributed by atoms with Crippen LogP contribution in [0.1, 0.15) is 45.6 Å². The van der Waals surface area contributed by atoms with Crippen molar-refractivity contribution in [3.63, 3.8) is 0 Å². The lowest BCUT2D eigenvalue weighted by molar-refractivity contribution is -0.116. The molecule has 7 heteroatoms. The van der Waals surface area contributed by atoms with Crippen molar-refractivity contribution in [1.82, 2.24) is 15.5 Å². The van der Waals surface area contributed by atoms with Gasteiger partial charge in [0.25, 0.3) is 0 Å². The lowest BCUT2D eigenvalue weighted by Gasteiger charge is -2.35. The van der Waals surface area contributed by atoms with Crippen molar-refractivity contribution in [1.29, 1.82) is 0 Å². The molecule has 1 atom stereocenters. The van der Waals surface area contributed by atoms with Crippen LogP contribution in [0.15, 0.2) is 29.3 Å². The number of benzene rings is 1. The molecule has 30 heavy (non-hydrogen) atoms. The van der Waals surface area contributed by atoms with E-state index in [1.165, 1.54) is 0 Å². The van der Waals surface area contributed by atoms with Crippen LogP contribution in [0.5, 0.6) is 0 Å². The van der Waals surface area contributed by atoms with Gasteiger partial charge in [0.15, 0.2) is 5.96 Å². The van der Waals surface area contributed by atoms with Gasteiger partial charge >= 0.3 is 0 Å². The van der Waals surface area contributed by atoms with Crippen LogP contribution < -0.4 is 16.0 Å². The van der Waals surface area contributed by atoms with E-state index in [0.29, 0.717) is 24.9 Å². The van der Waals surface area contributed by atoms with Gasteiger partial charge in [-0.25, -0.2) is 0 Å². The lowest BCUT2D eigenvalue weighted by Crippen LogP contribution is -2.50. The highest BCUT2D eigenvalue weighted by Gasteiger charge is 2.22. The lowest BCUT2D eigenvalue weighted by atomic mass is 10.0. The Balaban J connectivity index is 1.86. The summed E-state index contributed by atoms with van der Waals surface area (Å²) in [6, 6.07) is 8.40. The van der Waals surface area contributed by atoms with E-state index in [4.69, 9.17) is 4.74 Å². The first-order valence-corrected chi connectivity index (χ1v) is 11.2. The average Bonchev–Trinajstić information content (AvgIpc) is 2.73. The molecule has 0 bridgehead atoms. The minimum Gasteiger partial charge on any atom is -0.379 e. The van der Waals surface area contributed by atoms with E-state index in [2.05, 4.69) is 39.7 Å². The quantitative estimate of drug-likeness (QED) is 0.403. The molecular formula is C23H39N5O2. The summed E-state index contributed by atoms with van der Waals surface area (Å²) in [5.74, 6) is 1.48. The van der Waals surface area contributed by atoms with Crippen LogP contribution in [0, 0.1) is 5.92 Å². The third kappa shape index (κ3) is 8.71. The molecule has 1 aliphatic rings. The Morgan fingerprint density at radius 1 is 1.23 bits per heavy atom. The molecule has 1 aliphatic heterocycles. The number of nitrogens with one attached hydrogen (secondary N) is 3. The van der Waals surface area contributed by atoms with Crippen molar-refractivity contribution in [3.8, 4) is 0 Å². The van der Waals surface area contributed by atoms with E-state index < -0.39 is 0 Å². The molecule has 0 saturated carbocycles. The van der Waals surface area contributed by atoms with Crippen molar-refractivity contribution in [2.75, 3.05) is 45.2 Å². The first-order valence-electron chi connectivity index (χ1n) is 11.2. The number of hydrogen-bond donors (Lipinski definition) is 3. The molecule has 7 nitrogen and oxygen atoms in total. The summed E-state index contributed by atoms with van der Waals surface area (Å²) in [6.07, 6.45) is 2.53. The van der Waals surface area contributed by atoms with Gasteiger partial charge in [-0.05, 0) is 36.5 Å². The summed E-state index contributed by atoms with van der Waals surface area (Å²) in [4.78, 5) is 18.7. The standard InChI is InChI=1S/C23H39N5O2/c1-5-7-22(29)27-20-9-6-8-19(15-20)16-25-23(24-4)26-17-21(14-18(2)3)28-10-12-30-13-11-28/h6,8-9,15,18,21H,5,7,10-14,16-17H2,1-4H3,(H,27,29)(H2,24,25,26). The van der Waals surface area contributed by atoms with E-state index in [9.17, 15) is 4.79 Å². The number of guanidine groups is 1. The molecule has 1 heterocycles. The zero-order valence-electron chi connectivity index (χ0n) is 19.0. The molecule has 3 N–H and O–H groups in total. The number of carbonyl (C=O) groups is 1. The van der Waals surface area contributed by atoms with E-state index in [1.54, 1.807) is 7.05 Å². The summed E-state index contributed by atoms with van der Waals surface area (Å²) in [6.45, 7) is 11.6. The van der Waals surface area contributed by atoms with Gasteiger partial charge in [0.1, 0.15) is 0 Å². The van der Waals surface area contributed by atoms with Crippen LogP contribution in [0.4, 0.5) is 5.69 Å². The molecule has 0 radical (unpaired) electrons. The third-order valence-corrected chi connectivity index (χ3v) is 5.18. The van der Waals surface area contributed by atoms with Crippen LogP contribution >= 0.6 is 0 Å². The molecule has 0 spiro atoms. The summed E-state index contributed by atoms with van der Waals surface area (Å²) in [5.41, 5.74) is 1.93. The largest absolute Gasteiger partial charge is 0.379 e. The van der Waals surface area contributed by atoms with Crippen molar-refractivity contribution < 1.29 is 9.53 Å². The minimum atomic E-state index is 0.0550. The van der Waals surface area contributed by atoms with E-state index >= 15 is 0 Å². The fourth-order valence-corrected chi connectivity index (χ4v) is 3.68. The smallest absolute Gasteiger partial charge is 0.224 e. The zero-order chi connectivity index (χ0) is 21.8. The monoisotopic (exact) mass is 417 g/mol. The van der Waals surface area contributed by atoms with E-state index in [-0.39, 0.29) is 5.91 Å². The Morgan fingerprint density at radius 3 is 2.67 bits per heavy atom. The number of morpholine rings is 1. The second kappa shape index (κ2) is 13.2. The highest BCUT2D eigenvalue weighted by Crippen LogP contribution is 2.13. The van der Waals surface area contributed by atoms with Crippen LogP contribution in [-0.4, -0.2) is 62.7 Å². The molecule has 1 aromatic carbocycles. The van der Waals surface area contributed by atoms with Crippen LogP contribution in [-0.2, 0) is 16.1 Å². The summed E-state index contributed by atoms with van der Waals surface area (Å²) >= 11 is 0. The van der Waals surface area contributed by atoms with Crippen molar-refractivity contribution in [3.05, 3.63) is 29.8 Å². The highest BCUT2D eigenvalue weighted by molar-refractivity contribution is 5.90. The normalized spacial score (nSPS) is 16.4. The Labute approximate surface area is 181 Å². The first-order chi connectivity index (χ1) is 14.5. The van der Waals surface area contributed by atoms with Gasteiger partial charge in [0.05, 0.1) is 13.2 Å². The maximum absolute atomic E-state index is 11.8. The van der Waals surface area contributed by atoms with Gasteiger partial charge in [0.2, 0.25) is 5.91 Å². The molecule has 1 saturated heterocycles. The zero-order valence-corrected chi connectivity index (χ0v) is 19.0. The van der Waals surface area contributed by atoms with Crippen LogP contribution in [0.3, 0.4) is 0 Å². The number of ether oxygens (including phenoxy) is 1. The number of anilines is 1. The van der Waals surface area contributed by atoms with Gasteiger partial charge in [0, 0.05) is 51.4 Å². The SMILES string of the molecule is CCCC(=O)Nc1cccc(CNC(=NC)NCC(CC(C)C)N2CCOCC2)c1. The third-order valence-electron chi connectivity index (χ3n) is 5.18. The Bertz CT molecular complexity index is 671. The van der Waals surface area contributed by atoms with Crippen LogP contribution in [0.25, 0.3) is 0 Å². The molecule has 2 rings (SSSR count). The molecule has 168 valence electrons. The molecule has 1 unspecified atom stereocenters. The van der Waals surface area contributed by atoms with Crippen molar-refractivity contribution >= 4 is 17.6 Å². The number of carbonyl (C=O) groups excluding carboxylic acids is 1. The van der Waals surface area contributed by atoms with Gasteiger partial charge < -0.3 is 20.7 Å². The van der Waals surface area contributed by atoms with E-state index in [0.717, 1.165) is 62.9 Å². The number of rotatable bonds is 10. The van der Waals surface area contributed by atoms with Crippen LogP contribution in [0.2, 0.25) is 0 Å². The average molecular weight is 418 g/mol. The second-order valence-electron chi connectivity index (χ2n) is 8.24. The Morgan fingerprint density at radius 2 is 2.00 bits per heavy atom. The molecule has 0 aromatic heterocycles. The molecule has 0 aliphatic carbocycles. The maximum Gasteiger partial charge on any atom is 0.224 e. The fraction of sp³-hybridized carbons (Fsp3) is 0.652. The Kier molecular flexibility index (Phi) is 10.7. The van der Waals surface area contributed by atoms with Gasteiger partial charge in [-0.2, -0.15) is 0 Å². The molecule has 1 aromatic rings. The first kappa shape index (κ1) is 24.2. The van der Waals surface area contributed by atoms with Gasteiger partial charge in [-0.3, -0.25) is 14.7 Å².